The summed E-state index contributed by atoms with van der Waals surface area (Å²) in [6.45, 7) is 7.14. The number of carbonyl (C=O) groups excluding carboxylic acids is 2. The maximum atomic E-state index is 12.0. The molecular formula is C25H38O4. The second kappa shape index (κ2) is 7.51. The highest BCUT2D eigenvalue weighted by molar-refractivity contribution is 5.91. The van der Waals surface area contributed by atoms with Gasteiger partial charge in [0.25, 0.3) is 0 Å². The molecule has 0 aromatic carbocycles. The quantitative estimate of drug-likeness (QED) is 0.693. The second-order valence-electron chi connectivity index (χ2n) is 10.9. The highest BCUT2D eigenvalue weighted by atomic mass is 16.5. The summed E-state index contributed by atoms with van der Waals surface area (Å²) in [7, 11) is 1.34. The molecule has 29 heavy (non-hydrogen) atoms. The van der Waals surface area contributed by atoms with Crippen molar-refractivity contribution in [3.8, 4) is 0 Å². The molecular weight excluding hydrogens is 364 g/mol. The monoisotopic (exact) mass is 402 g/mol. The zero-order chi connectivity index (χ0) is 21.0. The van der Waals surface area contributed by atoms with Gasteiger partial charge in [0, 0.05) is 6.42 Å². The van der Waals surface area contributed by atoms with Gasteiger partial charge in [-0.25, -0.2) is 4.79 Å². The molecule has 4 aliphatic carbocycles. The number of ether oxygens (including phenoxy) is 1. The Labute approximate surface area is 175 Å². The number of fused-ring (bicyclic) bond motifs is 5. The maximum Gasteiger partial charge on any atom is 0.334 e. The van der Waals surface area contributed by atoms with Crippen LogP contribution in [-0.4, -0.2) is 30.1 Å². The number of hydrogen-bond donors (Lipinski definition) is 1. The van der Waals surface area contributed by atoms with Gasteiger partial charge in [0.2, 0.25) is 0 Å². The van der Waals surface area contributed by atoms with Crippen molar-refractivity contribution in [2.45, 2.75) is 84.7 Å². The third kappa shape index (κ3) is 3.30. The van der Waals surface area contributed by atoms with Crippen LogP contribution in [0.25, 0.3) is 0 Å². The predicted octanol–water partition coefficient (Wildman–Crippen LogP) is 4.69. The van der Waals surface area contributed by atoms with E-state index in [-0.39, 0.29) is 5.41 Å². The number of allylic oxidation sites excluding steroid dienone is 1. The smallest absolute Gasteiger partial charge is 0.334 e. The Kier molecular flexibility index (Phi) is 5.46. The molecule has 0 spiro atoms. The van der Waals surface area contributed by atoms with E-state index in [9.17, 15) is 14.7 Å². The summed E-state index contributed by atoms with van der Waals surface area (Å²) in [5.41, 5.74) is 1.96. The van der Waals surface area contributed by atoms with Gasteiger partial charge in [-0.3, -0.25) is 4.79 Å². The van der Waals surface area contributed by atoms with E-state index < -0.39 is 12.1 Å². The Hall–Kier alpha value is -1.16. The number of carbonyl (C=O) groups is 2. The van der Waals surface area contributed by atoms with Crippen LogP contribution in [-0.2, 0) is 14.3 Å². The average Bonchev–Trinajstić information content (AvgIpc) is 3.05. The van der Waals surface area contributed by atoms with Gasteiger partial charge >= 0.3 is 5.97 Å². The molecule has 4 nitrogen and oxygen atoms in total. The minimum Gasteiger partial charge on any atom is -0.467 e. The molecule has 3 fully saturated rings. The maximum absolute atomic E-state index is 12.0. The van der Waals surface area contributed by atoms with Crippen LogP contribution < -0.4 is 0 Å². The van der Waals surface area contributed by atoms with Crippen LogP contribution in [0.5, 0.6) is 0 Å². The van der Waals surface area contributed by atoms with Crippen molar-refractivity contribution in [1.29, 1.82) is 0 Å². The van der Waals surface area contributed by atoms with E-state index in [1.54, 1.807) is 0 Å². The van der Waals surface area contributed by atoms with E-state index in [1.807, 2.05) is 6.08 Å². The number of aliphatic hydroxyl groups excluding tert-OH is 1. The van der Waals surface area contributed by atoms with Crippen LogP contribution in [0.1, 0.15) is 78.6 Å². The van der Waals surface area contributed by atoms with Gasteiger partial charge in [-0.15, -0.1) is 0 Å². The van der Waals surface area contributed by atoms with E-state index in [0.29, 0.717) is 35.4 Å². The Balaban J connectivity index is 1.52. The molecule has 162 valence electrons. The van der Waals surface area contributed by atoms with Crippen LogP contribution in [0.4, 0.5) is 0 Å². The molecule has 0 aliphatic heterocycles. The average molecular weight is 403 g/mol. The molecule has 8 unspecified atom stereocenters. The minimum atomic E-state index is -1.00. The van der Waals surface area contributed by atoms with Crippen LogP contribution >= 0.6 is 0 Å². The lowest BCUT2D eigenvalue weighted by Crippen LogP contribution is -2.51. The Morgan fingerprint density at radius 2 is 1.93 bits per heavy atom. The summed E-state index contributed by atoms with van der Waals surface area (Å²) in [4.78, 5) is 23.7. The minimum absolute atomic E-state index is 0.225. The van der Waals surface area contributed by atoms with Gasteiger partial charge in [0.15, 0.2) is 11.9 Å². The number of rotatable bonds is 4. The van der Waals surface area contributed by atoms with Crippen molar-refractivity contribution in [2.75, 3.05) is 7.11 Å². The van der Waals surface area contributed by atoms with Crippen LogP contribution in [0.3, 0.4) is 0 Å². The van der Waals surface area contributed by atoms with Gasteiger partial charge in [0.1, 0.15) is 0 Å². The Morgan fingerprint density at radius 3 is 2.66 bits per heavy atom. The van der Waals surface area contributed by atoms with E-state index >= 15 is 0 Å². The molecule has 0 aromatic rings. The van der Waals surface area contributed by atoms with Gasteiger partial charge in [-0.1, -0.05) is 26.3 Å². The van der Waals surface area contributed by atoms with Gasteiger partial charge in [-0.05, 0) is 97.9 Å². The second-order valence-corrected chi connectivity index (χ2v) is 10.9. The highest BCUT2D eigenvalue weighted by Crippen LogP contribution is 2.67. The van der Waals surface area contributed by atoms with E-state index in [0.717, 1.165) is 31.1 Å². The van der Waals surface area contributed by atoms with Gasteiger partial charge in [-0.2, -0.15) is 0 Å². The third-order valence-corrected chi connectivity index (χ3v) is 9.79. The molecule has 4 heteroatoms. The normalized spacial score (nSPS) is 43.5. The standard InChI is InChI=1S/C25H38O4/c1-15(13-22(27)23(28)29-4)19-7-8-20-18-6-5-16-14-17(26)9-11-24(16,2)21(18)10-12-25(19,20)3/h14-15,18-22,27H,5-13H2,1-4H3. The van der Waals surface area contributed by atoms with Crippen molar-refractivity contribution >= 4 is 11.8 Å². The molecule has 0 heterocycles. The lowest BCUT2D eigenvalue weighted by molar-refractivity contribution is -0.151. The largest absolute Gasteiger partial charge is 0.467 e. The summed E-state index contributed by atoms with van der Waals surface area (Å²) in [5.74, 6) is 2.90. The highest BCUT2D eigenvalue weighted by Gasteiger charge is 2.59. The van der Waals surface area contributed by atoms with Crippen LogP contribution in [0, 0.1) is 40.4 Å². The number of aliphatic hydroxyl groups is 1. The summed E-state index contributed by atoms with van der Waals surface area (Å²) in [6.07, 6.45) is 10.5. The number of hydrogen-bond acceptors (Lipinski definition) is 4. The summed E-state index contributed by atoms with van der Waals surface area (Å²) in [6, 6.07) is 0. The van der Waals surface area contributed by atoms with E-state index in [4.69, 9.17) is 4.74 Å². The number of esters is 1. The molecule has 0 aromatic heterocycles. The molecule has 4 rings (SSSR count). The van der Waals surface area contributed by atoms with Crippen molar-refractivity contribution in [2.24, 2.45) is 40.4 Å². The molecule has 0 radical (unpaired) electrons. The molecule has 0 bridgehead atoms. The fourth-order valence-corrected chi connectivity index (χ4v) is 8.28. The van der Waals surface area contributed by atoms with Gasteiger partial charge < -0.3 is 9.84 Å². The summed E-state index contributed by atoms with van der Waals surface area (Å²) >= 11 is 0. The number of ketones is 1. The lowest BCUT2D eigenvalue weighted by atomic mass is 9.46. The van der Waals surface area contributed by atoms with Crippen molar-refractivity contribution in [3.63, 3.8) is 0 Å². The van der Waals surface area contributed by atoms with Crippen molar-refractivity contribution in [1.82, 2.24) is 0 Å². The van der Waals surface area contributed by atoms with Crippen LogP contribution in [0.15, 0.2) is 11.6 Å². The Morgan fingerprint density at radius 1 is 1.17 bits per heavy atom. The zero-order valence-electron chi connectivity index (χ0n) is 18.6. The van der Waals surface area contributed by atoms with Gasteiger partial charge in [0.05, 0.1) is 7.11 Å². The first kappa shape index (κ1) is 21.1. The van der Waals surface area contributed by atoms with Crippen LogP contribution in [0.2, 0.25) is 0 Å². The van der Waals surface area contributed by atoms with Crippen molar-refractivity contribution in [3.05, 3.63) is 11.6 Å². The van der Waals surface area contributed by atoms with E-state index in [1.165, 1.54) is 44.8 Å². The van der Waals surface area contributed by atoms with Crippen molar-refractivity contribution < 1.29 is 19.4 Å². The first-order valence-corrected chi connectivity index (χ1v) is 11.7. The molecule has 0 amide bonds. The number of methoxy groups -OCH3 is 1. The first-order valence-electron chi connectivity index (χ1n) is 11.7. The predicted molar refractivity (Wildman–Crippen MR) is 112 cm³/mol. The zero-order valence-corrected chi connectivity index (χ0v) is 18.6. The summed E-state index contributed by atoms with van der Waals surface area (Å²) < 4.78 is 4.73. The molecule has 0 saturated heterocycles. The fraction of sp³-hybridized carbons (Fsp3) is 0.840. The SMILES string of the molecule is COC(=O)C(O)CC(C)C1CCC2C3CCC4=CC(=O)CCC4(C)C3CCC12C. The molecule has 1 N–H and O–H groups in total. The fourth-order valence-electron chi connectivity index (χ4n) is 8.28. The van der Waals surface area contributed by atoms with E-state index in [2.05, 4.69) is 20.8 Å². The Bertz CT molecular complexity index is 712. The topological polar surface area (TPSA) is 63.6 Å². The first-order chi connectivity index (χ1) is 13.7. The molecule has 4 aliphatic rings. The third-order valence-electron chi connectivity index (χ3n) is 9.79. The lowest BCUT2D eigenvalue weighted by Gasteiger charge is -2.58. The molecule has 3 saturated carbocycles. The summed E-state index contributed by atoms with van der Waals surface area (Å²) in [5, 5.41) is 10.2. The molecule has 8 atom stereocenters.